The molecule has 0 N–H and O–H groups in total. The Morgan fingerprint density at radius 2 is 0.336 bits per heavy atom. The molecular formula is C119H68N2O16. The average Bonchev–Trinajstić information content (AvgIpc) is 1.55. The lowest BCUT2D eigenvalue weighted by Gasteiger charge is -2.34. The van der Waals surface area contributed by atoms with Gasteiger partial charge in [-0.25, -0.2) is 29.0 Å². The number of amides is 4. The second-order valence-corrected chi connectivity index (χ2v) is 34.3. The maximum atomic E-state index is 14.4. The number of fused-ring (bicyclic) bond motifs is 13. The van der Waals surface area contributed by atoms with Gasteiger partial charge in [-0.05, 0) is 294 Å². The van der Waals surface area contributed by atoms with Crippen LogP contribution in [0.4, 0.5) is 11.4 Å². The van der Waals surface area contributed by atoms with Crippen LogP contribution in [-0.4, -0.2) is 47.5 Å². The molecule has 7 aliphatic rings. The SMILES string of the molecule is O=C1OC(=O)c2cc(Oc3ccc(C4(c5ccc(Oc6ccc7c(c6)C(=O)N(c6ccc(Oc8ccc(C9(c%10ccc(Oc%11ccc(N%12C(=O)c%13ccc(Oc%14ccc(C%15(c%16ccc(Oc%17ccc%18c(c%17)C(=O)OC%18=O)cc%16)c%16ccccc%16-c%16ccccc%16%15)cc%14)cc%13C%12=O)cc%11)cc%10)c%10ccccc%10-c%10ccccc%109)cc8)cc6)C7=O)cc5)c5ccccc5-c5ccccc54)cc3)ccc21. The van der Waals surface area contributed by atoms with Crippen molar-refractivity contribution in [3.05, 3.63) is 524 Å². The van der Waals surface area contributed by atoms with Gasteiger partial charge < -0.3 is 37.9 Å². The van der Waals surface area contributed by atoms with Gasteiger partial charge in [0.2, 0.25) is 0 Å². The lowest BCUT2D eigenvalue weighted by atomic mass is 9.68. The van der Waals surface area contributed by atoms with Crippen LogP contribution in [0.2, 0.25) is 0 Å². The molecule has 0 bridgehead atoms. The molecule has 4 heterocycles. The van der Waals surface area contributed by atoms with Gasteiger partial charge in [-0.15, -0.1) is 0 Å². The lowest BCUT2D eigenvalue weighted by molar-refractivity contribution is 0.0425. The molecule has 0 aromatic heterocycles. The fraction of sp³-hybridized carbons (Fsp3) is 0.0252. The molecule has 4 aliphatic heterocycles. The molecule has 0 saturated carbocycles. The highest BCUT2D eigenvalue weighted by atomic mass is 16.6. The van der Waals surface area contributed by atoms with Crippen LogP contribution >= 0.6 is 0 Å². The first-order chi connectivity index (χ1) is 67.1. The number of carbonyl (C=O) groups excluding carboxylic acids is 8. The van der Waals surface area contributed by atoms with Crippen LogP contribution in [0.25, 0.3) is 33.4 Å². The summed E-state index contributed by atoms with van der Waals surface area (Å²) in [6, 6.07) is 131. The van der Waals surface area contributed by atoms with E-state index in [0.717, 1.165) is 110 Å². The molecule has 650 valence electrons. The molecule has 0 atom stereocenters. The number of cyclic esters (lactones) is 4. The van der Waals surface area contributed by atoms with E-state index in [1.54, 1.807) is 97.1 Å². The van der Waals surface area contributed by atoms with Gasteiger partial charge in [-0.2, -0.15) is 0 Å². The van der Waals surface area contributed by atoms with Crippen LogP contribution in [0.3, 0.4) is 0 Å². The van der Waals surface area contributed by atoms with Gasteiger partial charge in [0.1, 0.15) is 69.0 Å². The Morgan fingerprint density at radius 1 is 0.161 bits per heavy atom. The van der Waals surface area contributed by atoms with Gasteiger partial charge in [0, 0.05) is 0 Å². The molecule has 18 aromatic carbocycles. The standard InChI is InChI=1S/C119H68N2O16/c122-109-95-61-57-85(132-79-45-29-71(30-46-79)118(105-21-9-3-15-91(105)92-16-4-10-22-106(92)118)73-33-49-81(50-34-73)134-87-59-63-97-101(67-87)115(128)136-113(97)126)65-99(95)111(124)120(109)75-37-53-83(54-38-75)130-77-41-25-69(26-42-77)117(103-19-7-1-13-89(103)90-14-2-8-20-104(90)117)70-27-43-78(44-28-70)131-84-55-39-76(40-56-84)121-110(123)96-62-58-86(66-100(96)112(121)125)133-80-47-31-72(32-48-80)119(107-23-11-5-17-93(107)94-18-6-12-24-108(94)119)74-35-51-82(52-36-74)135-88-60-64-98-102(68-88)116(129)137-114(98)127/h1-68H. The lowest BCUT2D eigenvalue weighted by Crippen LogP contribution is -2.29. The number of rotatable bonds is 20. The molecule has 25 rings (SSSR count). The van der Waals surface area contributed by atoms with Crippen molar-refractivity contribution >= 4 is 58.9 Å². The minimum atomic E-state index is -0.784. The van der Waals surface area contributed by atoms with E-state index in [1.807, 2.05) is 170 Å². The Labute approximate surface area is 782 Å². The maximum absolute atomic E-state index is 14.4. The van der Waals surface area contributed by atoms with E-state index in [1.165, 1.54) is 24.3 Å². The van der Waals surface area contributed by atoms with E-state index < -0.39 is 63.8 Å². The summed E-state index contributed by atoms with van der Waals surface area (Å²) in [7, 11) is 0. The molecule has 18 heteroatoms. The summed E-state index contributed by atoms with van der Waals surface area (Å²) in [5, 5.41) is 0. The van der Waals surface area contributed by atoms with E-state index in [0.29, 0.717) is 80.4 Å². The van der Waals surface area contributed by atoms with Crippen molar-refractivity contribution in [1.29, 1.82) is 0 Å². The van der Waals surface area contributed by atoms with Gasteiger partial charge in [0.25, 0.3) is 23.6 Å². The Morgan fingerprint density at radius 3 is 0.569 bits per heavy atom. The quantitative estimate of drug-likeness (QED) is 0.0394. The van der Waals surface area contributed by atoms with Crippen molar-refractivity contribution < 1.29 is 76.3 Å². The van der Waals surface area contributed by atoms with Gasteiger partial charge in [-0.1, -0.05) is 218 Å². The van der Waals surface area contributed by atoms with E-state index >= 15 is 0 Å². The largest absolute Gasteiger partial charge is 0.457 e. The number of esters is 4. The van der Waals surface area contributed by atoms with Crippen LogP contribution in [0.1, 0.15) is 150 Å². The molecular weight excluding hydrogens is 1710 g/mol. The summed E-state index contributed by atoms with van der Waals surface area (Å²) >= 11 is 0. The molecule has 137 heavy (non-hydrogen) atoms. The number of benzene rings is 18. The van der Waals surface area contributed by atoms with Crippen LogP contribution in [0, 0.1) is 0 Å². The molecule has 4 amide bonds. The third-order valence-electron chi connectivity index (χ3n) is 27.1. The Bertz CT molecular complexity index is 7660. The number of imide groups is 2. The topological polar surface area (TPSA) is 217 Å². The van der Waals surface area contributed by atoms with Crippen molar-refractivity contribution in [1.82, 2.24) is 0 Å². The number of hydrogen-bond donors (Lipinski definition) is 0. The van der Waals surface area contributed by atoms with Crippen LogP contribution in [0.15, 0.2) is 413 Å². The third-order valence-corrected chi connectivity index (χ3v) is 27.1. The van der Waals surface area contributed by atoms with Crippen LogP contribution in [-0.2, 0) is 25.7 Å². The van der Waals surface area contributed by atoms with E-state index in [9.17, 15) is 38.4 Å². The van der Waals surface area contributed by atoms with Crippen molar-refractivity contribution in [2.45, 2.75) is 16.2 Å². The highest BCUT2D eigenvalue weighted by Crippen LogP contribution is 2.61. The van der Waals surface area contributed by atoms with Crippen molar-refractivity contribution in [2.24, 2.45) is 0 Å². The highest BCUT2D eigenvalue weighted by Gasteiger charge is 2.50. The van der Waals surface area contributed by atoms with Crippen molar-refractivity contribution in [3.8, 4) is 102 Å². The molecule has 18 aromatic rings. The van der Waals surface area contributed by atoms with Gasteiger partial charge in [0.15, 0.2) is 0 Å². The number of hydrogen-bond acceptors (Lipinski definition) is 16. The van der Waals surface area contributed by atoms with Gasteiger partial charge in [0.05, 0.1) is 72.1 Å². The number of carbonyl (C=O) groups is 8. The average molecular weight is 1780 g/mol. The van der Waals surface area contributed by atoms with Crippen LogP contribution in [0.5, 0.6) is 69.0 Å². The first-order valence-electron chi connectivity index (χ1n) is 44.5. The first-order valence-corrected chi connectivity index (χ1v) is 44.5. The second-order valence-electron chi connectivity index (χ2n) is 34.3. The van der Waals surface area contributed by atoms with Crippen LogP contribution < -0.4 is 38.2 Å². The molecule has 0 fully saturated rings. The van der Waals surface area contributed by atoms with E-state index in [-0.39, 0.29) is 44.5 Å². The zero-order chi connectivity index (χ0) is 92.1. The minimum Gasteiger partial charge on any atom is -0.457 e. The summed E-state index contributed by atoms with van der Waals surface area (Å²) in [5.41, 5.74) is 19.1. The fourth-order valence-electron chi connectivity index (χ4n) is 21.1. The summed E-state index contributed by atoms with van der Waals surface area (Å²) in [4.78, 5) is 109. The molecule has 0 spiro atoms. The Balaban J connectivity index is 0.425. The van der Waals surface area contributed by atoms with Gasteiger partial charge >= 0.3 is 23.9 Å². The number of nitrogens with zero attached hydrogens (tertiary/aromatic N) is 2. The first kappa shape index (κ1) is 80.4. The third kappa shape index (κ3) is 12.6. The molecule has 0 saturated heterocycles. The summed E-state index contributed by atoms with van der Waals surface area (Å²) < 4.78 is 48.1. The second kappa shape index (κ2) is 31.3. The van der Waals surface area contributed by atoms with Gasteiger partial charge in [-0.3, -0.25) is 19.2 Å². The maximum Gasteiger partial charge on any atom is 0.347 e. The molecule has 3 aliphatic carbocycles. The highest BCUT2D eigenvalue weighted by molar-refractivity contribution is 6.35. The van der Waals surface area contributed by atoms with E-state index in [2.05, 4.69) is 121 Å². The minimum absolute atomic E-state index is 0.155. The monoisotopic (exact) mass is 1780 g/mol. The van der Waals surface area contributed by atoms with Crippen molar-refractivity contribution in [3.63, 3.8) is 0 Å². The molecule has 0 radical (unpaired) electrons. The molecule has 0 unspecified atom stereocenters. The zero-order valence-corrected chi connectivity index (χ0v) is 72.2. The van der Waals surface area contributed by atoms with E-state index in [4.69, 9.17) is 37.9 Å². The summed E-state index contributed by atoms with van der Waals surface area (Å²) in [6.07, 6.45) is 0. The predicted molar refractivity (Wildman–Crippen MR) is 512 cm³/mol. The number of anilines is 2. The fourth-order valence-corrected chi connectivity index (χ4v) is 21.1. The molecule has 18 nitrogen and oxygen atoms in total. The summed E-state index contributed by atoms with van der Waals surface area (Å²) in [5.74, 6) is 0.937. The van der Waals surface area contributed by atoms with Crippen molar-refractivity contribution in [2.75, 3.05) is 9.80 Å². The predicted octanol–water partition coefficient (Wildman–Crippen LogP) is 25.8. The zero-order valence-electron chi connectivity index (χ0n) is 72.2. The summed E-state index contributed by atoms with van der Waals surface area (Å²) in [6.45, 7) is 0. The normalized spacial score (nSPS) is 14.7. The smallest absolute Gasteiger partial charge is 0.347 e. The Hall–Kier alpha value is -18.7. The number of ether oxygens (including phenoxy) is 8. The Kier molecular flexibility index (Phi) is 18.3.